The largest absolute Gasteiger partial charge is 0.432 e. The van der Waals surface area contributed by atoms with Crippen LogP contribution in [0.15, 0.2) is 12.1 Å². The second-order valence-electron chi connectivity index (χ2n) is 2.33. The van der Waals surface area contributed by atoms with Crippen molar-refractivity contribution in [1.29, 1.82) is 5.26 Å². The van der Waals surface area contributed by atoms with Crippen LogP contribution in [-0.4, -0.2) is 6.61 Å². The molecule has 3 nitrogen and oxygen atoms in total. The topological polar surface area (TPSA) is 59.0 Å². The average molecular weight is 219 g/mol. The molecule has 0 saturated heterocycles. The van der Waals surface area contributed by atoms with E-state index in [1.165, 1.54) is 12.1 Å². The second-order valence-corrected chi connectivity index (χ2v) is 2.74. The first-order valence-electron chi connectivity index (χ1n) is 3.49. The van der Waals surface area contributed by atoms with E-state index in [0.717, 1.165) is 0 Å². The van der Waals surface area contributed by atoms with Gasteiger partial charge in [-0.05, 0) is 12.1 Å². The van der Waals surface area contributed by atoms with Crippen molar-refractivity contribution >= 4 is 17.3 Å². The Morgan fingerprint density at radius 2 is 2.14 bits per heavy atom. The SMILES string of the molecule is N#Cc1c(N)ccc(Cl)c1OC(F)F. The molecule has 0 aliphatic heterocycles. The van der Waals surface area contributed by atoms with Crippen molar-refractivity contribution in [1.82, 2.24) is 0 Å². The number of nitrogens with two attached hydrogens (primary N) is 1. The van der Waals surface area contributed by atoms with E-state index in [9.17, 15) is 8.78 Å². The number of nitrogens with zero attached hydrogens (tertiary/aromatic N) is 1. The molecule has 1 aromatic carbocycles. The standard InChI is InChI=1S/C8H5ClF2N2O/c9-5-1-2-6(13)4(3-12)7(5)14-8(10)11/h1-2,8H,13H2. The van der Waals surface area contributed by atoms with Crippen molar-refractivity contribution in [3.8, 4) is 11.8 Å². The first-order chi connectivity index (χ1) is 6.56. The molecule has 0 bridgehead atoms. The number of hydrogen-bond acceptors (Lipinski definition) is 3. The van der Waals surface area contributed by atoms with Gasteiger partial charge in [0.25, 0.3) is 0 Å². The number of anilines is 1. The van der Waals surface area contributed by atoms with Gasteiger partial charge in [-0.2, -0.15) is 14.0 Å². The number of nitrogen functional groups attached to an aromatic ring is 1. The lowest BCUT2D eigenvalue weighted by Gasteiger charge is -2.09. The average Bonchev–Trinajstić information content (AvgIpc) is 2.11. The van der Waals surface area contributed by atoms with Crippen LogP contribution in [0, 0.1) is 11.3 Å². The minimum absolute atomic E-state index is 0.0487. The number of halogens is 3. The fourth-order valence-electron chi connectivity index (χ4n) is 0.892. The summed E-state index contributed by atoms with van der Waals surface area (Å²) in [5.74, 6) is -0.385. The fraction of sp³-hybridized carbons (Fsp3) is 0.125. The first kappa shape index (κ1) is 10.5. The Hall–Kier alpha value is -1.54. The lowest BCUT2D eigenvalue weighted by molar-refractivity contribution is -0.0499. The van der Waals surface area contributed by atoms with Gasteiger partial charge in [-0.25, -0.2) is 0 Å². The maximum absolute atomic E-state index is 11.9. The monoisotopic (exact) mass is 218 g/mol. The van der Waals surface area contributed by atoms with Crippen LogP contribution in [-0.2, 0) is 0 Å². The van der Waals surface area contributed by atoms with Gasteiger partial charge in [0.1, 0.15) is 11.6 Å². The Bertz CT molecular complexity index is 390. The fourth-order valence-corrected chi connectivity index (χ4v) is 1.09. The van der Waals surface area contributed by atoms with Crippen LogP contribution < -0.4 is 10.5 Å². The molecule has 0 fully saturated rings. The van der Waals surface area contributed by atoms with E-state index in [2.05, 4.69) is 4.74 Å². The predicted octanol–water partition coefficient (Wildman–Crippen LogP) is 2.40. The van der Waals surface area contributed by atoms with Gasteiger partial charge in [0.05, 0.1) is 10.7 Å². The van der Waals surface area contributed by atoms with Crippen LogP contribution in [0.1, 0.15) is 5.56 Å². The summed E-state index contributed by atoms with van der Waals surface area (Å²) in [7, 11) is 0. The minimum atomic E-state index is -3.04. The summed E-state index contributed by atoms with van der Waals surface area (Å²) in [6.45, 7) is -3.04. The van der Waals surface area contributed by atoms with E-state index in [4.69, 9.17) is 22.6 Å². The highest BCUT2D eigenvalue weighted by Crippen LogP contribution is 2.33. The number of nitriles is 1. The van der Waals surface area contributed by atoms with Gasteiger partial charge < -0.3 is 10.5 Å². The highest BCUT2D eigenvalue weighted by Gasteiger charge is 2.15. The molecule has 0 heterocycles. The molecule has 74 valence electrons. The summed E-state index contributed by atoms with van der Waals surface area (Å²) in [5.41, 5.74) is 5.24. The van der Waals surface area contributed by atoms with Crippen LogP contribution in [0.2, 0.25) is 5.02 Å². The molecule has 1 rings (SSSR count). The zero-order chi connectivity index (χ0) is 10.7. The smallest absolute Gasteiger partial charge is 0.387 e. The number of ether oxygens (including phenoxy) is 1. The van der Waals surface area contributed by atoms with E-state index in [1.54, 1.807) is 6.07 Å². The summed E-state index contributed by atoms with van der Waals surface area (Å²) in [4.78, 5) is 0. The number of benzene rings is 1. The Labute approximate surface area is 83.6 Å². The molecule has 2 N–H and O–H groups in total. The minimum Gasteiger partial charge on any atom is -0.432 e. The van der Waals surface area contributed by atoms with Crippen LogP contribution >= 0.6 is 11.6 Å². The molecule has 1 aromatic rings. The van der Waals surface area contributed by atoms with Gasteiger partial charge in [-0.3, -0.25) is 0 Å². The van der Waals surface area contributed by atoms with Crippen LogP contribution in [0.25, 0.3) is 0 Å². The van der Waals surface area contributed by atoms with Gasteiger partial charge in [0.2, 0.25) is 0 Å². The Kier molecular flexibility index (Phi) is 3.10. The van der Waals surface area contributed by atoms with E-state index in [-0.39, 0.29) is 22.0 Å². The Morgan fingerprint density at radius 3 is 2.64 bits per heavy atom. The number of hydrogen-bond donors (Lipinski definition) is 1. The van der Waals surface area contributed by atoms with Crippen molar-refractivity contribution in [3.05, 3.63) is 22.7 Å². The van der Waals surface area contributed by atoms with Crippen molar-refractivity contribution in [2.24, 2.45) is 0 Å². The van der Waals surface area contributed by atoms with Gasteiger partial charge in [-0.1, -0.05) is 11.6 Å². The third kappa shape index (κ3) is 2.03. The molecule has 0 atom stereocenters. The van der Waals surface area contributed by atoms with Crippen molar-refractivity contribution in [2.75, 3.05) is 5.73 Å². The maximum Gasteiger partial charge on any atom is 0.387 e. The van der Waals surface area contributed by atoms with E-state index in [0.29, 0.717) is 0 Å². The molecule has 0 amide bonds. The van der Waals surface area contributed by atoms with Gasteiger partial charge >= 0.3 is 6.61 Å². The van der Waals surface area contributed by atoms with Crippen molar-refractivity contribution in [3.63, 3.8) is 0 Å². The highest BCUT2D eigenvalue weighted by atomic mass is 35.5. The molecule has 0 aromatic heterocycles. The third-order valence-electron chi connectivity index (χ3n) is 1.46. The van der Waals surface area contributed by atoms with E-state index >= 15 is 0 Å². The molecule has 14 heavy (non-hydrogen) atoms. The Balaban J connectivity index is 3.25. The number of alkyl halides is 2. The zero-order valence-corrected chi connectivity index (χ0v) is 7.55. The molecule has 0 saturated carbocycles. The zero-order valence-electron chi connectivity index (χ0n) is 6.80. The lowest BCUT2D eigenvalue weighted by atomic mass is 10.2. The van der Waals surface area contributed by atoms with Crippen LogP contribution in [0.5, 0.6) is 5.75 Å². The molecular formula is C8H5ClF2N2O. The third-order valence-corrected chi connectivity index (χ3v) is 1.76. The van der Waals surface area contributed by atoms with Gasteiger partial charge in [-0.15, -0.1) is 0 Å². The van der Waals surface area contributed by atoms with Crippen molar-refractivity contribution in [2.45, 2.75) is 6.61 Å². The maximum atomic E-state index is 11.9. The quantitative estimate of drug-likeness (QED) is 0.776. The summed E-state index contributed by atoms with van der Waals surface area (Å²) < 4.78 is 27.9. The molecular weight excluding hydrogens is 214 g/mol. The highest BCUT2D eigenvalue weighted by molar-refractivity contribution is 6.32. The molecule has 0 aliphatic rings. The Morgan fingerprint density at radius 1 is 1.50 bits per heavy atom. The summed E-state index contributed by atoms with van der Waals surface area (Å²) in [6, 6.07) is 4.28. The molecule has 0 unspecified atom stereocenters. The molecule has 0 radical (unpaired) electrons. The molecule has 6 heteroatoms. The lowest BCUT2D eigenvalue weighted by Crippen LogP contribution is -2.05. The van der Waals surface area contributed by atoms with Crippen LogP contribution in [0.3, 0.4) is 0 Å². The summed E-state index contributed by atoms with van der Waals surface area (Å²) in [6.07, 6.45) is 0. The summed E-state index contributed by atoms with van der Waals surface area (Å²) in [5, 5.41) is 8.55. The van der Waals surface area contributed by atoms with E-state index in [1.807, 2.05) is 0 Å². The molecule has 0 spiro atoms. The van der Waals surface area contributed by atoms with Gasteiger partial charge in [0, 0.05) is 0 Å². The molecule has 0 aliphatic carbocycles. The first-order valence-corrected chi connectivity index (χ1v) is 3.87. The van der Waals surface area contributed by atoms with Crippen LogP contribution in [0.4, 0.5) is 14.5 Å². The number of rotatable bonds is 2. The van der Waals surface area contributed by atoms with Crippen molar-refractivity contribution < 1.29 is 13.5 Å². The van der Waals surface area contributed by atoms with E-state index < -0.39 is 6.61 Å². The second kappa shape index (κ2) is 4.11. The summed E-state index contributed by atoms with van der Waals surface area (Å²) >= 11 is 5.56. The predicted molar refractivity (Wildman–Crippen MR) is 47.2 cm³/mol. The normalized spacial score (nSPS) is 9.93. The van der Waals surface area contributed by atoms with Gasteiger partial charge in [0.15, 0.2) is 5.75 Å².